The Labute approximate surface area is 116 Å². The van der Waals surface area contributed by atoms with Gasteiger partial charge in [-0.1, -0.05) is 41.9 Å². The highest BCUT2D eigenvalue weighted by atomic mass is 35.5. The lowest BCUT2D eigenvalue weighted by molar-refractivity contribution is 0.415. The molecule has 0 bridgehead atoms. The van der Waals surface area contributed by atoms with Gasteiger partial charge in [-0.2, -0.15) is 0 Å². The van der Waals surface area contributed by atoms with Gasteiger partial charge in [0.1, 0.15) is 5.75 Å². The third-order valence-electron chi connectivity index (χ3n) is 3.11. The molecule has 0 saturated carbocycles. The molecular weight excluding hydrogens is 258 g/mol. The van der Waals surface area contributed by atoms with E-state index in [1.165, 1.54) is 0 Å². The zero-order valence-corrected chi connectivity index (χ0v) is 11.2. The number of hydrogen-bond acceptors (Lipinski definition) is 2. The highest BCUT2D eigenvalue weighted by Crippen LogP contribution is 2.33. The molecule has 2 aromatic carbocycles. The molecule has 0 unspecified atom stereocenters. The summed E-state index contributed by atoms with van der Waals surface area (Å²) >= 11 is 6.48. The SMILES string of the molecule is COc1ccc(-c2cnc3ccccc3c2Cl)cc1. The predicted molar refractivity (Wildman–Crippen MR) is 78.7 cm³/mol. The van der Waals surface area contributed by atoms with Gasteiger partial charge in [-0.3, -0.25) is 4.98 Å². The summed E-state index contributed by atoms with van der Waals surface area (Å²) in [5.41, 5.74) is 2.87. The zero-order valence-electron chi connectivity index (χ0n) is 10.4. The molecule has 0 aliphatic rings. The smallest absolute Gasteiger partial charge is 0.118 e. The second-order valence-electron chi connectivity index (χ2n) is 4.23. The van der Waals surface area contributed by atoms with E-state index >= 15 is 0 Å². The monoisotopic (exact) mass is 269 g/mol. The van der Waals surface area contributed by atoms with Crippen LogP contribution in [0.3, 0.4) is 0 Å². The van der Waals surface area contributed by atoms with Crippen molar-refractivity contribution in [1.29, 1.82) is 0 Å². The van der Waals surface area contributed by atoms with E-state index in [0.29, 0.717) is 0 Å². The van der Waals surface area contributed by atoms with Gasteiger partial charge in [0.15, 0.2) is 0 Å². The summed E-state index contributed by atoms with van der Waals surface area (Å²) in [5.74, 6) is 0.827. The van der Waals surface area contributed by atoms with E-state index in [2.05, 4.69) is 4.98 Å². The number of para-hydroxylation sites is 1. The maximum atomic E-state index is 6.48. The van der Waals surface area contributed by atoms with Crippen LogP contribution in [0.5, 0.6) is 5.75 Å². The summed E-state index contributed by atoms with van der Waals surface area (Å²) in [4.78, 5) is 4.45. The lowest BCUT2D eigenvalue weighted by Gasteiger charge is -2.08. The standard InChI is InChI=1S/C16H12ClNO/c1-19-12-8-6-11(7-9-12)14-10-18-15-5-3-2-4-13(15)16(14)17/h2-10H,1H3. The van der Waals surface area contributed by atoms with Crippen LogP contribution >= 0.6 is 11.6 Å². The number of pyridine rings is 1. The largest absolute Gasteiger partial charge is 0.497 e. The zero-order chi connectivity index (χ0) is 13.2. The molecule has 0 aliphatic heterocycles. The van der Waals surface area contributed by atoms with Crippen molar-refractivity contribution in [3.8, 4) is 16.9 Å². The number of hydrogen-bond donors (Lipinski definition) is 0. The van der Waals surface area contributed by atoms with Crippen LogP contribution in [0.15, 0.2) is 54.7 Å². The van der Waals surface area contributed by atoms with E-state index < -0.39 is 0 Å². The number of nitrogens with zero attached hydrogens (tertiary/aromatic N) is 1. The predicted octanol–water partition coefficient (Wildman–Crippen LogP) is 4.56. The van der Waals surface area contributed by atoms with Gasteiger partial charge in [-0.05, 0) is 23.8 Å². The summed E-state index contributed by atoms with van der Waals surface area (Å²) in [6.07, 6.45) is 1.81. The van der Waals surface area contributed by atoms with Crippen molar-refractivity contribution >= 4 is 22.5 Å². The quantitative estimate of drug-likeness (QED) is 0.680. The number of ether oxygens (including phenoxy) is 1. The third-order valence-corrected chi connectivity index (χ3v) is 3.52. The van der Waals surface area contributed by atoms with E-state index in [0.717, 1.165) is 32.8 Å². The van der Waals surface area contributed by atoms with E-state index in [9.17, 15) is 0 Å². The van der Waals surface area contributed by atoms with Gasteiger partial charge in [0.25, 0.3) is 0 Å². The second-order valence-corrected chi connectivity index (χ2v) is 4.61. The van der Waals surface area contributed by atoms with Crippen molar-refractivity contribution in [2.24, 2.45) is 0 Å². The van der Waals surface area contributed by atoms with Crippen LogP contribution < -0.4 is 4.74 Å². The minimum Gasteiger partial charge on any atom is -0.497 e. The third kappa shape index (κ3) is 2.15. The molecule has 3 heteroatoms. The molecule has 1 heterocycles. The molecule has 0 amide bonds. The molecule has 0 saturated heterocycles. The Morgan fingerprint density at radius 2 is 1.74 bits per heavy atom. The summed E-state index contributed by atoms with van der Waals surface area (Å²) < 4.78 is 5.16. The number of benzene rings is 2. The van der Waals surface area contributed by atoms with E-state index in [1.807, 2.05) is 54.7 Å². The molecule has 2 nitrogen and oxygen atoms in total. The Hall–Kier alpha value is -2.06. The number of aromatic nitrogens is 1. The lowest BCUT2D eigenvalue weighted by Crippen LogP contribution is -1.86. The van der Waals surface area contributed by atoms with E-state index in [-0.39, 0.29) is 0 Å². The average Bonchev–Trinajstić information content (AvgIpc) is 2.48. The first kappa shape index (κ1) is 12.0. The van der Waals surface area contributed by atoms with E-state index in [4.69, 9.17) is 16.3 Å². The van der Waals surface area contributed by atoms with Crippen molar-refractivity contribution in [1.82, 2.24) is 4.98 Å². The molecule has 0 N–H and O–H groups in total. The van der Waals surface area contributed by atoms with Crippen LogP contribution in [0.25, 0.3) is 22.0 Å². The van der Waals surface area contributed by atoms with E-state index in [1.54, 1.807) is 7.11 Å². The highest BCUT2D eigenvalue weighted by molar-refractivity contribution is 6.38. The summed E-state index contributed by atoms with van der Waals surface area (Å²) in [7, 11) is 1.65. The van der Waals surface area contributed by atoms with Gasteiger partial charge < -0.3 is 4.74 Å². The fourth-order valence-corrected chi connectivity index (χ4v) is 2.40. The topological polar surface area (TPSA) is 22.1 Å². The van der Waals surface area contributed by atoms with Crippen LogP contribution in [-0.2, 0) is 0 Å². The van der Waals surface area contributed by atoms with Crippen LogP contribution in [0.2, 0.25) is 5.02 Å². The molecular formula is C16H12ClNO. The molecule has 94 valence electrons. The van der Waals surface area contributed by atoms with Crippen LogP contribution in [0.4, 0.5) is 0 Å². The van der Waals surface area contributed by atoms with Crippen molar-refractivity contribution in [2.75, 3.05) is 7.11 Å². The Balaban J connectivity index is 2.16. The Kier molecular flexibility index (Phi) is 3.10. The normalized spacial score (nSPS) is 10.6. The number of halogens is 1. The van der Waals surface area contributed by atoms with Crippen LogP contribution in [0.1, 0.15) is 0 Å². The minimum absolute atomic E-state index is 0.732. The molecule has 0 atom stereocenters. The fourth-order valence-electron chi connectivity index (χ4n) is 2.08. The summed E-state index contributed by atoms with van der Waals surface area (Å²) in [6.45, 7) is 0. The second kappa shape index (κ2) is 4.90. The molecule has 19 heavy (non-hydrogen) atoms. The Morgan fingerprint density at radius 3 is 2.47 bits per heavy atom. The first-order valence-electron chi connectivity index (χ1n) is 5.97. The van der Waals surface area contributed by atoms with Gasteiger partial charge in [-0.25, -0.2) is 0 Å². The van der Waals surface area contributed by atoms with Crippen LogP contribution in [-0.4, -0.2) is 12.1 Å². The molecule has 1 aromatic heterocycles. The van der Waals surface area contributed by atoms with Gasteiger partial charge in [-0.15, -0.1) is 0 Å². The summed E-state index contributed by atoms with van der Waals surface area (Å²) in [5, 5.41) is 1.70. The van der Waals surface area contributed by atoms with Gasteiger partial charge in [0.2, 0.25) is 0 Å². The number of methoxy groups -OCH3 is 1. The first-order valence-corrected chi connectivity index (χ1v) is 6.35. The molecule has 0 aliphatic carbocycles. The fraction of sp³-hybridized carbons (Fsp3) is 0.0625. The average molecular weight is 270 g/mol. The maximum Gasteiger partial charge on any atom is 0.118 e. The van der Waals surface area contributed by atoms with Gasteiger partial charge in [0.05, 0.1) is 17.6 Å². The Morgan fingerprint density at radius 1 is 1.00 bits per heavy atom. The van der Waals surface area contributed by atoms with Gasteiger partial charge >= 0.3 is 0 Å². The van der Waals surface area contributed by atoms with Crippen molar-refractivity contribution < 1.29 is 4.74 Å². The molecule has 3 aromatic rings. The summed E-state index contributed by atoms with van der Waals surface area (Å²) in [6, 6.07) is 15.7. The number of rotatable bonds is 2. The Bertz CT molecular complexity index is 722. The van der Waals surface area contributed by atoms with Gasteiger partial charge in [0, 0.05) is 17.1 Å². The lowest BCUT2D eigenvalue weighted by atomic mass is 10.1. The minimum atomic E-state index is 0.732. The van der Waals surface area contributed by atoms with Crippen molar-refractivity contribution in [2.45, 2.75) is 0 Å². The first-order chi connectivity index (χ1) is 9.29. The molecule has 0 fully saturated rings. The molecule has 0 spiro atoms. The molecule has 0 radical (unpaired) electrons. The van der Waals surface area contributed by atoms with Crippen molar-refractivity contribution in [3.05, 3.63) is 59.8 Å². The highest BCUT2D eigenvalue weighted by Gasteiger charge is 2.08. The van der Waals surface area contributed by atoms with Crippen LogP contribution in [0, 0.1) is 0 Å². The van der Waals surface area contributed by atoms with Crippen molar-refractivity contribution in [3.63, 3.8) is 0 Å². The number of fused-ring (bicyclic) bond motifs is 1. The maximum absolute atomic E-state index is 6.48. The molecule has 3 rings (SSSR count).